The molecule has 192 valence electrons. The number of hydrogen-bond acceptors (Lipinski definition) is 6. The highest BCUT2D eigenvalue weighted by Gasteiger charge is 2.30. The van der Waals surface area contributed by atoms with Crippen LogP contribution in [0, 0.1) is 25.2 Å². The molecule has 1 aliphatic rings. The van der Waals surface area contributed by atoms with E-state index >= 15 is 0 Å². The minimum absolute atomic E-state index is 0.112. The second-order valence-corrected chi connectivity index (χ2v) is 10.8. The predicted molar refractivity (Wildman–Crippen MR) is 136 cm³/mol. The summed E-state index contributed by atoms with van der Waals surface area (Å²) in [6.07, 6.45) is 2.43. The number of ether oxygens (including phenoxy) is 1. The third-order valence-corrected chi connectivity index (χ3v) is 8.23. The van der Waals surface area contributed by atoms with Crippen molar-refractivity contribution in [2.75, 3.05) is 32.8 Å². The molecule has 9 nitrogen and oxygen atoms in total. The number of hydrogen-bond donors (Lipinski definition) is 0. The minimum atomic E-state index is -3.70. The summed E-state index contributed by atoms with van der Waals surface area (Å²) in [5, 5.41) is 9.90. The molecule has 0 unspecified atom stereocenters. The number of carbonyl (C=O) groups is 2. The largest absolute Gasteiger partial charge is 0.451 e. The maximum atomic E-state index is 12.8. The number of aromatic nitrogens is 1. The number of rotatable bonds is 8. The lowest BCUT2D eigenvalue weighted by molar-refractivity contribution is -0.149. The van der Waals surface area contributed by atoms with Gasteiger partial charge in [-0.1, -0.05) is 18.5 Å². The maximum Gasteiger partial charge on any atom is 0.349 e. The minimum Gasteiger partial charge on any atom is -0.451 e. The third-order valence-electron chi connectivity index (χ3n) is 6.07. The van der Waals surface area contributed by atoms with Crippen LogP contribution in [0.4, 0.5) is 0 Å². The highest BCUT2D eigenvalue weighted by atomic mass is 35.5. The number of piperazine rings is 1. The Kier molecular flexibility index (Phi) is 8.95. The van der Waals surface area contributed by atoms with Gasteiger partial charge < -0.3 is 14.2 Å². The molecule has 11 heteroatoms. The fraction of sp³-hybridized carbons (Fsp3) is 0.400. The Morgan fingerprint density at radius 1 is 1.14 bits per heavy atom. The number of esters is 1. The Balaban J connectivity index is 1.57. The van der Waals surface area contributed by atoms with Crippen molar-refractivity contribution in [1.82, 2.24) is 13.8 Å². The Hall–Kier alpha value is -3.13. The second kappa shape index (κ2) is 11.7. The highest BCUT2D eigenvalue weighted by Crippen LogP contribution is 2.21. The van der Waals surface area contributed by atoms with Gasteiger partial charge in [-0.05, 0) is 62.2 Å². The first-order chi connectivity index (χ1) is 17.1. The van der Waals surface area contributed by atoms with Gasteiger partial charge in [0.1, 0.15) is 11.6 Å². The molecule has 0 radical (unpaired) electrons. The van der Waals surface area contributed by atoms with Crippen molar-refractivity contribution in [3.05, 3.63) is 57.9 Å². The van der Waals surface area contributed by atoms with Crippen molar-refractivity contribution >= 4 is 39.6 Å². The van der Waals surface area contributed by atoms with E-state index in [-0.39, 0.29) is 36.6 Å². The number of amides is 1. The molecule has 1 saturated heterocycles. The smallest absolute Gasteiger partial charge is 0.349 e. The van der Waals surface area contributed by atoms with Gasteiger partial charge in [0.05, 0.1) is 4.90 Å². The van der Waals surface area contributed by atoms with Gasteiger partial charge in [-0.15, -0.1) is 0 Å². The lowest BCUT2D eigenvalue weighted by Gasteiger charge is -2.33. The standard InChI is InChI=1S/C25H29ClN4O5S/c1-4-9-30-18(2)14-20(19(30)3)15-21(16-27)25(32)35-17-24(31)28-10-12-29(13-11-28)36(33,34)23-7-5-22(26)6-8-23/h5-8,14-15H,4,9-13,17H2,1-3H3/b21-15+. The predicted octanol–water partition coefficient (Wildman–Crippen LogP) is 3.15. The number of nitrogens with zero attached hydrogens (tertiary/aromatic N) is 4. The highest BCUT2D eigenvalue weighted by molar-refractivity contribution is 7.89. The Morgan fingerprint density at radius 3 is 2.36 bits per heavy atom. The SMILES string of the molecule is CCCn1c(C)cc(/C=C(\C#N)C(=O)OCC(=O)N2CCN(S(=O)(=O)c3ccc(Cl)cc3)CC2)c1C. The van der Waals surface area contributed by atoms with Crippen LogP contribution in [0.15, 0.2) is 40.8 Å². The number of benzene rings is 1. The van der Waals surface area contributed by atoms with E-state index < -0.39 is 28.5 Å². The first-order valence-corrected chi connectivity index (χ1v) is 13.4. The zero-order chi connectivity index (χ0) is 26.5. The van der Waals surface area contributed by atoms with Crippen LogP contribution < -0.4 is 0 Å². The molecule has 36 heavy (non-hydrogen) atoms. The van der Waals surface area contributed by atoms with E-state index in [1.807, 2.05) is 26.0 Å². The average Bonchev–Trinajstić information content (AvgIpc) is 3.13. The van der Waals surface area contributed by atoms with E-state index in [1.54, 1.807) is 0 Å². The van der Waals surface area contributed by atoms with Crippen LogP contribution >= 0.6 is 11.6 Å². The average molecular weight is 533 g/mol. The lowest BCUT2D eigenvalue weighted by Crippen LogP contribution is -2.51. The Morgan fingerprint density at radius 2 is 1.78 bits per heavy atom. The van der Waals surface area contributed by atoms with Gasteiger partial charge in [0, 0.05) is 49.1 Å². The summed E-state index contributed by atoms with van der Waals surface area (Å²) >= 11 is 5.84. The monoisotopic (exact) mass is 532 g/mol. The molecule has 1 amide bonds. The normalized spacial score (nSPS) is 15.0. The molecule has 1 aromatic heterocycles. The van der Waals surface area contributed by atoms with Crippen LogP contribution in [0.1, 0.15) is 30.3 Å². The fourth-order valence-electron chi connectivity index (χ4n) is 4.06. The molecule has 1 fully saturated rings. The molecular formula is C25H29ClN4O5S. The summed E-state index contributed by atoms with van der Waals surface area (Å²) in [5.41, 5.74) is 2.52. The molecular weight excluding hydrogens is 504 g/mol. The summed E-state index contributed by atoms with van der Waals surface area (Å²) in [4.78, 5) is 26.6. The number of halogens is 1. The van der Waals surface area contributed by atoms with Crippen molar-refractivity contribution in [3.63, 3.8) is 0 Å². The van der Waals surface area contributed by atoms with Crippen molar-refractivity contribution in [2.24, 2.45) is 0 Å². The van der Waals surface area contributed by atoms with Gasteiger partial charge in [0.25, 0.3) is 5.91 Å². The van der Waals surface area contributed by atoms with Gasteiger partial charge in [0.2, 0.25) is 10.0 Å². The number of aryl methyl sites for hydroxylation is 1. The van der Waals surface area contributed by atoms with Crippen molar-refractivity contribution in [1.29, 1.82) is 5.26 Å². The first-order valence-electron chi connectivity index (χ1n) is 11.6. The molecule has 0 saturated carbocycles. The summed E-state index contributed by atoms with van der Waals surface area (Å²) in [5.74, 6) is -1.33. The number of carbonyl (C=O) groups excluding carboxylic acids is 2. The molecule has 3 rings (SSSR count). The molecule has 0 bridgehead atoms. The molecule has 0 atom stereocenters. The molecule has 1 aliphatic heterocycles. The summed E-state index contributed by atoms with van der Waals surface area (Å²) in [6, 6.07) is 9.66. The maximum absolute atomic E-state index is 12.8. The van der Waals surface area contributed by atoms with Crippen LogP contribution in [0.3, 0.4) is 0 Å². The lowest BCUT2D eigenvalue weighted by atomic mass is 10.1. The summed E-state index contributed by atoms with van der Waals surface area (Å²) < 4.78 is 34.1. The fourth-order valence-corrected chi connectivity index (χ4v) is 5.61. The molecule has 0 N–H and O–H groups in total. The van der Waals surface area contributed by atoms with Crippen molar-refractivity contribution in [3.8, 4) is 6.07 Å². The van der Waals surface area contributed by atoms with E-state index in [1.165, 1.54) is 39.5 Å². The zero-order valence-corrected chi connectivity index (χ0v) is 22.1. The second-order valence-electron chi connectivity index (χ2n) is 8.46. The summed E-state index contributed by atoms with van der Waals surface area (Å²) in [6.45, 7) is 6.80. The molecule has 0 spiro atoms. The van der Waals surface area contributed by atoms with Crippen LogP contribution in [-0.2, 0) is 30.9 Å². The van der Waals surface area contributed by atoms with Crippen LogP contribution in [0.2, 0.25) is 5.02 Å². The first kappa shape index (κ1) is 27.5. The van der Waals surface area contributed by atoms with Gasteiger partial charge >= 0.3 is 5.97 Å². The van der Waals surface area contributed by atoms with E-state index in [2.05, 4.69) is 11.5 Å². The van der Waals surface area contributed by atoms with Crippen LogP contribution in [-0.4, -0.2) is 66.9 Å². The van der Waals surface area contributed by atoms with Gasteiger partial charge in [-0.2, -0.15) is 9.57 Å². The molecule has 1 aromatic carbocycles. The number of sulfonamides is 1. The van der Waals surface area contributed by atoms with E-state index in [9.17, 15) is 23.3 Å². The quantitative estimate of drug-likeness (QED) is 0.293. The zero-order valence-electron chi connectivity index (χ0n) is 20.5. The summed E-state index contributed by atoms with van der Waals surface area (Å²) in [7, 11) is -3.70. The van der Waals surface area contributed by atoms with Gasteiger partial charge in [-0.3, -0.25) is 4.79 Å². The van der Waals surface area contributed by atoms with Gasteiger partial charge in [0.15, 0.2) is 6.61 Å². The molecule has 2 heterocycles. The Labute approximate surface area is 216 Å². The van der Waals surface area contributed by atoms with Crippen LogP contribution in [0.25, 0.3) is 6.08 Å². The molecule has 0 aliphatic carbocycles. The van der Waals surface area contributed by atoms with Crippen molar-refractivity contribution < 1.29 is 22.7 Å². The van der Waals surface area contributed by atoms with Gasteiger partial charge in [-0.25, -0.2) is 13.2 Å². The topological polar surface area (TPSA) is 113 Å². The van der Waals surface area contributed by atoms with E-state index in [0.29, 0.717) is 5.02 Å². The van der Waals surface area contributed by atoms with Crippen LogP contribution in [0.5, 0.6) is 0 Å². The third kappa shape index (κ3) is 6.16. The Bertz CT molecular complexity index is 1300. The van der Waals surface area contributed by atoms with Crippen molar-refractivity contribution in [2.45, 2.75) is 38.6 Å². The van der Waals surface area contributed by atoms with E-state index in [0.717, 1.165) is 29.9 Å². The number of nitriles is 1. The van der Waals surface area contributed by atoms with E-state index in [4.69, 9.17) is 16.3 Å². The molecule has 2 aromatic rings.